The van der Waals surface area contributed by atoms with Crippen LogP contribution in [-0.2, 0) is 10.0 Å². The van der Waals surface area contributed by atoms with Gasteiger partial charge in [-0.3, -0.25) is 0 Å². The molecular weight excluding hydrogens is 439 g/mol. The molecule has 0 atom stereocenters. The first-order chi connectivity index (χ1) is 11.3. The van der Waals surface area contributed by atoms with Crippen LogP contribution in [0.3, 0.4) is 0 Å². The molecule has 0 unspecified atom stereocenters. The molecule has 24 heavy (non-hydrogen) atoms. The molecule has 0 aromatic heterocycles. The van der Waals surface area contributed by atoms with Gasteiger partial charge in [-0.05, 0) is 64.8 Å². The summed E-state index contributed by atoms with van der Waals surface area (Å²) in [7, 11) is -3.82. The molecule has 0 spiro atoms. The first-order valence-electron chi connectivity index (χ1n) is 6.75. The standard InChI is InChI=1S/C15H13BrCl2N2O3S/c1-2-23-15-6-3-10(7-12(15)16)9-19-20-24(21,22)11-4-5-13(17)14(18)8-11/h3-9,20H,2H2,1H3/b19-9+. The van der Waals surface area contributed by atoms with E-state index < -0.39 is 10.0 Å². The zero-order valence-electron chi connectivity index (χ0n) is 12.5. The Morgan fingerprint density at radius 3 is 2.58 bits per heavy atom. The molecule has 0 aliphatic carbocycles. The van der Waals surface area contributed by atoms with Crippen molar-refractivity contribution in [1.82, 2.24) is 4.83 Å². The fourth-order valence-electron chi connectivity index (χ4n) is 1.74. The Labute approximate surface area is 158 Å². The Kier molecular flexibility index (Phi) is 6.51. The monoisotopic (exact) mass is 450 g/mol. The molecule has 0 saturated heterocycles. The number of hydrazone groups is 1. The second-order valence-corrected chi connectivity index (χ2v) is 7.88. The quantitative estimate of drug-likeness (QED) is 0.520. The van der Waals surface area contributed by atoms with Crippen LogP contribution in [0.4, 0.5) is 0 Å². The zero-order valence-corrected chi connectivity index (χ0v) is 16.4. The number of rotatable bonds is 6. The van der Waals surface area contributed by atoms with Crippen LogP contribution in [0.15, 0.2) is 50.9 Å². The average molecular weight is 452 g/mol. The number of hydrogen-bond acceptors (Lipinski definition) is 4. The third kappa shape index (κ3) is 4.86. The van der Waals surface area contributed by atoms with Gasteiger partial charge in [0.05, 0.1) is 32.2 Å². The van der Waals surface area contributed by atoms with Gasteiger partial charge in [-0.25, -0.2) is 4.83 Å². The Morgan fingerprint density at radius 1 is 1.21 bits per heavy atom. The maximum atomic E-state index is 12.1. The van der Waals surface area contributed by atoms with E-state index in [1.165, 1.54) is 24.4 Å². The van der Waals surface area contributed by atoms with E-state index in [4.69, 9.17) is 27.9 Å². The van der Waals surface area contributed by atoms with Gasteiger partial charge in [0.25, 0.3) is 10.0 Å². The highest BCUT2D eigenvalue weighted by atomic mass is 79.9. The summed E-state index contributed by atoms with van der Waals surface area (Å²) in [6.45, 7) is 2.44. The second-order valence-electron chi connectivity index (χ2n) is 4.55. The third-order valence-corrected chi connectivity index (χ3v) is 5.42. The van der Waals surface area contributed by atoms with E-state index in [9.17, 15) is 8.42 Å². The maximum Gasteiger partial charge on any atom is 0.276 e. The molecule has 0 saturated carbocycles. The first-order valence-corrected chi connectivity index (χ1v) is 9.79. The Morgan fingerprint density at radius 2 is 1.96 bits per heavy atom. The van der Waals surface area contributed by atoms with Gasteiger partial charge in [-0.1, -0.05) is 23.2 Å². The molecule has 2 aromatic carbocycles. The van der Waals surface area contributed by atoms with Crippen molar-refractivity contribution in [2.24, 2.45) is 5.10 Å². The fraction of sp³-hybridized carbons (Fsp3) is 0.133. The molecule has 0 bridgehead atoms. The van der Waals surface area contributed by atoms with Crippen LogP contribution < -0.4 is 9.57 Å². The summed E-state index contributed by atoms with van der Waals surface area (Å²) in [5.41, 5.74) is 0.696. The van der Waals surface area contributed by atoms with Crippen LogP contribution in [0.5, 0.6) is 5.75 Å². The van der Waals surface area contributed by atoms with Crippen LogP contribution in [0, 0.1) is 0 Å². The number of nitrogens with zero attached hydrogens (tertiary/aromatic N) is 1. The number of ether oxygens (including phenoxy) is 1. The van der Waals surface area contributed by atoms with Crippen LogP contribution >= 0.6 is 39.1 Å². The summed E-state index contributed by atoms with van der Waals surface area (Å²) in [5, 5.41) is 4.19. The van der Waals surface area contributed by atoms with E-state index in [0.29, 0.717) is 17.9 Å². The van der Waals surface area contributed by atoms with Crippen LogP contribution in [0.1, 0.15) is 12.5 Å². The van der Waals surface area contributed by atoms with E-state index in [-0.39, 0.29) is 14.9 Å². The lowest BCUT2D eigenvalue weighted by Crippen LogP contribution is -2.18. The van der Waals surface area contributed by atoms with Crippen LogP contribution in [0.25, 0.3) is 0 Å². The van der Waals surface area contributed by atoms with Crippen molar-refractivity contribution in [3.05, 3.63) is 56.5 Å². The van der Waals surface area contributed by atoms with Gasteiger partial charge in [0.2, 0.25) is 0 Å². The smallest absolute Gasteiger partial charge is 0.276 e. The summed E-state index contributed by atoms with van der Waals surface area (Å²) < 4.78 is 30.4. The Balaban J connectivity index is 2.12. The van der Waals surface area contributed by atoms with Crippen molar-refractivity contribution in [1.29, 1.82) is 0 Å². The number of sulfonamides is 1. The van der Waals surface area contributed by atoms with E-state index in [2.05, 4.69) is 25.9 Å². The lowest BCUT2D eigenvalue weighted by molar-refractivity contribution is 0.338. The molecule has 2 aromatic rings. The number of benzene rings is 2. The molecule has 5 nitrogen and oxygen atoms in total. The van der Waals surface area contributed by atoms with Gasteiger partial charge < -0.3 is 4.74 Å². The number of hydrogen-bond donors (Lipinski definition) is 1. The summed E-state index contributed by atoms with van der Waals surface area (Å²) in [5.74, 6) is 0.700. The molecule has 0 aliphatic heterocycles. The van der Waals surface area contributed by atoms with Gasteiger partial charge in [0, 0.05) is 0 Å². The van der Waals surface area contributed by atoms with Crippen molar-refractivity contribution < 1.29 is 13.2 Å². The molecular formula is C15H13BrCl2N2O3S. The Hall–Kier alpha value is -1.28. The molecule has 0 fully saturated rings. The molecule has 0 amide bonds. The van der Waals surface area contributed by atoms with Gasteiger partial charge >= 0.3 is 0 Å². The minimum absolute atomic E-state index is 0.0260. The van der Waals surface area contributed by atoms with Gasteiger partial charge in [0.1, 0.15) is 5.75 Å². The molecule has 2 rings (SSSR count). The summed E-state index contributed by atoms with van der Waals surface area (Å²) >= 11 is 15.0. The number of nitrogens with one attached hydrogen (secondary N) is 1. The fourth-order valence-corrected chi connectivity index (χ4v) is 3.43. The van der Waals surface area contributed by atoms with E-state index in [1.807, 2.05) is 6.92 Å². The SMILES string of the molecule is CCOc1ccc(/C=N/NS(=O)(=O)c2ccc(Cl)c(Cl)c2)cc1Br. The third-order valence-electron chi connectivity index (χ3n) is 2.84. The minimum Gasteiger partial charge on any atom is -0.493 e. The predicted octanol–water partition coefficient (Wildman–Crippen LogP) is 4.47. The van der Waals surface area contributed by atoms with E-state index in [0.717, 1.165) is 4.47 Å². The molecule has 0 aliphatic rings. The minimum atomic E-state index is -3.82. The highest BCUT2D eigenvalue weighted by Crippen LogP contribution is 2.26. The normalized spacial score (nSPS) is 11.7. The molecule has 1 N–H and O–H groups in total. The summed E-state index contributed by atoms with van der Waals surface area (Å²) in [6.07, 6.45) is 1.38. The van der Waals surface area contributed by atoms with Gasteiger partial charge in [0.15, 0.2) is 0 Å². The van der Waals surface area contributed by atoms with Crippen molar-refractivity contribution in [3.8, 4) is 5.75 Å². The van der Waals surface area contributed by atoms with Crippen LogP contribution in [0.2, 0.25) is 10.0 Å². The van der Waals surface area contributed by atoms with Gasteiger partial charge in [-0.2, -0.15) is 13.5 Å². The highest BCUT2D eigenvalue weighted by Gasteiger charge is 2.14. The topological polar surface area (TPSA) is 67.8 Å². The Bertz CT molecular complexity index is 873. The highest BCUT2D eigenvalue weighted by molar-refractivity contribution is 9.10. The maximum absolute atomic E-state index is 12.1. The van der Waals surface area contributed by atoms with Crippen molar-refractivity contribution >= 4 is 55.4 Å². The largest absolute Gasteiger partial charge is 0.493 e. The lowest BCUT2D eigenvalue weighted by atomic mass is 10.2. The van der Waals surface area contributed by atoms with E-state index >= 15 is 0 Å². The van der Waals surface area contributed by atoms with Crippen molar-refractivity contribution in [2.75, 3.05) is 6.61 Å². The number of halogens is 3. The molecule has 0 heterocycles. The zero-order chi connectivity index (χ0) is 17.7. The average Bonchev–Trinajstić information content (AvgIpc) is 2.52. The molecule has 0 radical (unpaired) electrons. The predicted molar refractivity (Wildman–Crippen MR) is 99.7 cm³/mol. The van der Waals surface area contributed by atoms with Crippen LogP contribution in [-0.4, -0.2) is 21.2 Å². The lowest BCUT2D eigenvalue weighted by Gasteiger charge is -2.06. The van der Waals surface area contributed by atoms with E-state index in [1.54, 1.807) is 18.2 Å². The van der Waals surface area contributed by atoms with Crippen molar-refractivity contribution in [3.63, 3.8) is 0 Å². The van der Waals surface area contributed by atoms with Crippen molar-refractivity contribution in [2.45, 2.75) is 11.8 Å². The first kappa shape index (κ1) is 19.1. The summed E-state index contributed by atoms with van der Waals surface area (Å²) in [6, 6.07) is 9.30. The molecule has 9 heteroatoms. The summed E-state index contributed by atoms with van der Waals surface area (Å²) in [4.78, 5) is 2.10. The molecule has 128 valence electrons. The van der Waals surface area contributed by atoms with Gasteiger partial charge in [-0.15, -0.1) is 0 Å². The second kappa shape index (κ2) is 8.20.